The van der Waals surface area contributed by atoms with Gasteiger partial charge in [0.2, 0.25) is 0 Å². The molecule has 0 spiro atoms. The van der Waals surface area contributed by atoms with Gasteiger partial charge in [0.1, 0.15) is 5.75 Å². The lowest BCUT2D eigenvalue weighted by atomic mass is 10.2. The van der Waals surface area contributed by atoms with E-state index in [4.69, 9.17) is 10.5 Å². The van der Waals surface area contributed by atoms with Gasteiger partial charge in [-0.1, -0.05) is 6.92 Å². The first-order valence-corrected chi connectivity index (χ1v) is 6.94. The fourth-order valence-electron chi connectivity index (χ4n) is 1.93. The van der Waals surface area contributed by atoms with Gasteiger partial charge in [-0.05, 0) is 36.6 Å². The van der Waals surface area contributed by atoms with E-state index < -0.39 is 0 Å². The zero-order valence-corrected chi connectivity index (χ0v) is 11.8. The van der Waals surface area contributed by atoms with Crippen LogP contribution in [0.4, 0.5) is 11.4 Å². The highest BCUT2D eigenvalue weighted by Gasteiger charge is 2.00. The number of aromatic nitrogens is 1. The van der Waals surface area contributed by atoms with Crippen LogP contribution in [0.5, 0.6) is 5.75 Å². The second-order valence-corrected chi connectivity index (χ2v) is 4.67. The number of nitrogen functional groups attached to an aromatic ring is 1. The first-order valence-electron chi connectivity index (χ1n) is 6.94. The summed E-state index contributed by atoms with van der Waals surface area (Å²) in [7, 11) is 0. The molecule has 0 aliphatic carbocycles. The summed E-state index contributed by atoms with van der Waals surface area (Å²) < 4.78 is 5.61. The molecule has 2 aromatic rings. The topological polar surface area (TPSA) is 60.2 Å². The van der Waals surface area contributed by atoms with Gasteiger partial charge in [-0.25, -0.2) is 0 Å². The Morgan fingerprint density at radius 1 is 1.20 bits per heavy atom. The van der Waals surface area contributed by atoms with E-state index in [1.807, 2.05) is 42.7 Å². The minimum absolute atomic E-state index is 0.708. The third-order valence-electron chi connectivity index (χ3n) is 2.89. The number of ether oxygens (including phenoxy) is 1. The van der Waals surface area contributed by atoms with E-state index >= 15 is 0 Å². The Labute approximate surface area is 120 Å². The molecule has 4 nitrogen and oxygen atoms in total. The maximum atomic E-state index is 5.89. The molecule has 4 heteroatoms. The molecule has 1 heterocycles. The van der Waals surface area contributed by atoms with Gasteiger partial charge in [-0.2, -0.15) is 0 Å². The SMILES string of the molecule is CCCOc1cc(N)cc(NCCc2ccncc2)c1. The lowest BCUT2D eigenvalue weighted by molar-refractivity contribution is 0.318. The molecule has 0 atom stereocenters. The van der Waals surface area contributed by atoms with Crippen molar-refractivity contribution < 1.29 is 4.74 Å². The monoisotopic (exact) mass is 271 g/mol. The highest BCUT2D eigenvalue weighted by molar-refractivity contribution is 5.59. The second kappa shape index (κ2) is 7.38. The molecule has 0 aliphatic rings. The zero-order valence-electron chi connectivity index (χ0n) is 11.8. The number of hydrogen-bond acceptors (Lipinski definition) is 4. The standard InChI is InChI=1S/C16H21N3O/c1-2-9-20-16-11-14(17)10-15(12-16)19-8-5-13-3-6-18-7-4-13/h3-4,6-7,10-12,19H,2,5,8-9,17H2,1H3. The van der Waals surface area contributed by atoms with Crippen molar-refractivity contribution in [2.45, 2.75) is 19.8 Å². The lowest BCUT2D eigenvalue weighted by Crippen LogP contribution is -2.06. The van der Waals surface area contributed by atoms with Crippen LogP contribution in [0.1, 0.15) is 18.9 Å². The maximum absolute atomic E-state index is 5.89. The lowest BCUT2D eigenvalue weighted by Gasteiger charge is -2.11. The summed E-state index contributed by atoms with van der Waals surface area (Å²) in [5, 5.41) is 3.37. The van der Waals surface area contributed by atoms with Crippen molar-refractivity contribution in [3.8, 4) is 5.75 Å². The number of anilines is 2. The number of hydrogen-bond donors (Lipinski definition) is 2. The molecule has 0 radical (unpaired) electrons. The fourth-order valence-corrected chi connectivity index (χ4v) is 1.93. The van der Waals surface area contributed by atoms with E-state index in [1.165, 1.54) is 5.56 Å². The number of nitrogens with two attached hydrogens (primary N) is 1. The van der Waals surface area contributed by atoms with Crippen LogP contribution in [0.3, 0.4) is 0 Å². The van der Waals surface area contributed by atoms with Gasteiger partial charge >= 0.3 is 0 Å². The van der Waals surface area contributed by atoms with Crippen molar-refractivity contribution in [2.24, 2.45) is 0 Å². The summed E-state index contributed by atoms with van der Waals surface area (Å²) in [5.74, 6) is 0.818. The van der Waals surface area contributed by atoms with Crippen LogP contribution in [0.2, 0.25) is 0 Å². The van der Waals surface area contributed by atoms with Crippen LogP contribution in [-0.4, -0.2) is 18.1 Å². The smallest absolute Gasteiger partial charge is 0.123 e. The highest BCUT2D eigenvalue weighted by atomic mass is 16.5. The van der Waals surface area contributed by atoms with Crippen molar-refractivity contribution in [3.05, 3.63) is 48.3 Å². The molecule has 0 unspecified atom stereocenters. The Balaban J connectivity index is 1.90. The molecule has 3 N–H and O–H groups in total. The van der Waals surface area contributed by atoms with Gasteiger partial charge in [-0.3, -0.25) is 4.98 Å². The first kappa shape index (κ1) is 14.2. The van der Waals surface area contributed by atoms with Crippen molar-refractivity contribution in [3.63, 3.8) is 0 Å². The molecular formula is C16H21N3O. The third kappa shape index (κ3) is 4.46. The van der Waals surface area contributed by atoms with Crippen LogP contribution in [0, 0.1) is 0 Å². The Kier molecular flexibility index (Phi) is 5.24. The van der Waals surface area contributed by atoms with Gasteiger partial charge in [0, 0.05) is 42.4 Å². The molecule has 0 saturated heterocycles. The molecule has 1 aromatic heterocycles. The molecule has 106 valence electrons. The Morgan fingerprint density at radius 3 is 2.75 bits per heavy atom. The summed E-state index contributed by atoms with van der Waals surface area (Å²) in [4.78, 5) is 4.01. The van der Waals surface area contributed by atoms with Crippen LogP contribution in [0.25, 0.3) is 0 Å². The quantitative estimate of drug-likeness (QED) is 0.760. The molecule has 0 fully saturated rings. The first-order chi connectivity index (χ1) is 9.78. The summed E-state index contributed by atoms with van der Waals surface area (Å²) >= 11 is 0. The van der Waals surface area contributed by atoms with E-state index in [-0.39, 0.29) is 0 Å². The van der Waals surface area contributed by atoms with Gasteiger partial charge in [-0.15, -0.1) is 0 Å². The summed E-state index contributed by atoms with van der Waals surface area (Å²) in [5.41, 5.74) is 8.85. The molecule has 0 aliphatic heterocycles. The molecule has 0 amide bonds. The molecule has 0 bridgehead atoms. The number of nitrogens with one attached hydrogen (secondary N) is 1. The summed E-state index contributed by atoms with van der Waals surface area (Å²) in [6.45, 7) is 3.64. The summed E-state index contributed by atoms with van der Waals surface area (Å²) in [6, 6.07) is 9.81. The van der Waals surface area contributed by atoms with E-state index in [1.54, 1.807) is 0 Å². The largest absolute Gasteiger partial charge is 0.493 e. The molecule has 0 saturated carbocycles. The number of benzene rings is 1. The molecule has 1 aromatic carbocycles. The Hall–Kier alpha value is -2.23. The van der Waals surface area contributed by atoms with Crippen molar-refractivity contribution in [1.82, 2.24) is 4.98 Å². The number of rotatable bonds is 7. The average Bonchev–Trinajstić information content (AvgIpc) is 2.46. The number of pyridine rings is 1. The van der Waals surface area contributed by atoms with E-state index in [0.717, 1.165) is 30.8 Å². The highest BCUT2D eigenvalue weighted by Crippen LogP contribution is 2.22. The third-order valence-corrected chi connectivity index (χ3v) is 2.89. The van der Waals surface area contributed by atoms with Crippen molar-refractivity contribution in [1.29, 1.82) is 0 Å². The van der Waals surface area contributed by atoms with Gasteiger partial charge in [0.15, 0.2) is 0 Å². The normalized spacial score (nSPS) is 10.2. The molecule has 20 heavy (non-hydrogen) atoms. The van der Waals surface area contributed by atoms with E-state index in [9.17, 15) is 0 Å². The van der Waals surface area contributed by atoms with Gasteiger partial charge < -0.3 is 15.8 Å². The van der Waals surface area contributed by atoms with Crippen LogP contribution in [0.15, 0.2) is 42.7 Å². The van der Waals surface area contributed by atoms with Crippen LogP contribution >= 0.6 is 0 Å². The van der Waals surface area contributed by atoms with Gasteiger partial charge in [0.25, 0.3) is 0 Å². The molecular weight excluding hydrogens is 250 g/mol. The minimum atomic E-state index is 0.708. The van der Waals surface area contributed by atoms with Crippen molar-refractivity contribution >= 4 is 11.4 Å². The van der Waals surface area contributed by atoms with Gasteiger partial charge in [0.05, 0.1) is 6.61 Å². The predicted molar refractivity (Wildman–Crippen MR) is 83.1 cm³/mol. The molecule has 2 rings (SSSR count). The van der Waals surface area contributed by atoms with Crippen LogP contribution in [-0.2, 0) is 6.42 Å². The Morgan fingerprint density at radius 2 is 2.00 bits per heavy atom. The zero-order chi connectivity index (χ0) is 14.2. The van der Waals surface area contributed by atoms with E-state index in [2.05, 4.69) is 17.2 Å². The van der Waals surface area contributed by atoms with Crippen LogP contribution < -0.4 is 15.8 Å². The minimum Gasteiger partial charge on any atom is -0.493 e. The second-order valence-electron chi connectivity index (χ2n) is 4.67. The Bertz CT molecular complexity index is 529. The predicted octanol–water partition coefficient (Wildman–Crippen LogP) is 3.11. The van der Waals surface area contributed by atoms with E-state index in [0.29, 0.717) is 12.3 Å². The fraction of sp³-hybridized carbons (Fsp3) is 0.312. The average molecular weight is 271 g/mol. The maximum Gasteiger partial charge on any atom is 0.123 e. The summed E-state index contributed by atoms with van der Waals surface area (Å²) in [6.07, 6.45) is 5.56. The van der Waals surface area contributed by atoms with Crippen molar-refractivity contribution in [2.75, 3.05) is 24.2 Å². The number of nitrogens with zero attached hydrogens (tertiary/aromatic N) is 1.